The van der Waals surface area contributed by atoms with Crippen molar-refractivity contribution < 1.29 is 19.1 Å². The highest BCUT2D eigenvalue weighted by atomic mass is 32.1. The van der Waals surface area contributed by atoms with E-state index in [-0.39, 0.29) is 17.7 Å². The van der Waals surface area contributed by atoms with Crippen LogP contribution in [0.1, 0.15) is 33.3 Å². The topological polar surface area (TPSA) is 102 Å². The van der Waals surface area contributed by atoms with Crippen LogP contribution in [0, 0.1) is 0 Å². The molecule has 8 nitrogen and oxygen atoms in total. The third-order valence-corrected chi connectivity index (χ3v) is 6.27. The first kappa shape index (κ1) is 19.3. The number of hydrogen-bond donors (Lipinski definition) is 2. The van der Waals surface area contributed by atoms with Gasteiger partial charge in [-0.2, -0.15) is 0 Å². The molecule has 0 spiro atoms. The minimum absolute atomic E-state index is 0.126. The number of ether oxygens (including phenoxy) is 2. The van der Waals surface area contributed by atoms with E-state index in [1.54, 1.807) is 29.8 Å². The first-order chi connectivity index (χ1) is 14.1. The summed E-state index contributed by atoms with van der Waals surface area (Å²) in [5.41, 5.74) is 1.12. The van der Waals surface area contributed by atoms with Crippen LogP contribution in [-0.4, -0.2) is 36.0 Å². The van der Waals surface area contributed by atoms with Crippen molar-refractivity contribution in [1.82, 2.24) is 9.97 Å². The van der Waals surface area contributed by atoms with Crippen molar-refractivity contribution in [2.45, 2.75) is 18.8 Å². The lowest BCUT2D eigenvalue weighted by molar-refractivity contribution is -0.117. The number of thiazole rings is 2. The summed E-state index contributed by atoms with van der Waals surface area (Å²) in [6, 6.07) is 4.95. The first-order valence-electron chi connectivity index (χ1n) is 8.81. The molecule has 0 bridgehead atoms. The Morgan fingerprint density at radius 1 is 1.10 bits per heavy atom. The number of benzene rings is 1. The number of carbonyl (C=O) groups excluding carboxylic acids is 2. The average Bonchev–Trinajstić information content (AvgIpc) is 3.45. The zero-order valence-corrected chi connectivity index (χ0v) is 17.4. The van der Waals surface area contributed by atoms with Gasteiger partial charge in [-0.05, 0) is 25.0 Å². The molecule has 29 heavy (non-hydrogen) atoms. The predicted molar refractivity (Wildman–Crippen MR) is 111 cm³/mol. The van der Waals surface area contributed by atoms with Gasteiger partial charge in [0.2, 0.25) is 5.91 Å². The quantitative estimate of drug-likeness (QED) is 0.620. The fourth-order valence-electron chi connectivity index (χ4n) is 3.12. The Bertz CT molecular complexity index is 1030. The van der Waals surface area contributed by atoms with Gasteiger partial charge in [-0.25, -0.2) is 9.97 Å². The summed E-state index contributed by atoms with van der Waals surface area (Å²) < 4.78 is 10.4. The van der Waals surface area contributed by atoms with Gasteiger partial charge in [-0.15, -0.1) is 22.7 Å². The highest BCUT2D eigenvalue weighted by Crippen LogP contribution is 2.39. The molecule has 0 radical (unpaired) electrons. The molecule has 4 rings (SSSR count). The zero-order valence-electron chi connectivity index (χ0n) is 15.7. The lowest BCUT2D eigenvalue weighted by atomic mass is 10.1. The smallest absolute Gasteiger partial charge is 0.257 e. The standard InChI is InChI=1S/C19H18N4O4S2/c1-26-11-7-10(8-12(9-11)27-2)16(24)22-19-21-15-13(3-4-14(15)29-19)17(25)23-18-20-5-6-28-18/h5-9,13H,3-4H2,1-2H3,(H,20,23,25)(H,21,22,24). The van der Waals surface area contributed by atoms with Crippen molar-refractivity contribution >= 4 is 44.8 Å². The van der Waals surface area contributed by atoms with Crippen molar-refractivity contribution in [3.05, 3.63) is 45.9 Å². The van der Waals surface area contributed by atoms with Crippen molar-refractivity contribution in [2.24, 2.45) is 0 Å². The molecule has 0 fully saturated rings. The van der Waals surface area contributed by atoms with Crippen LogP contribution in [0.3, 0.4) is 0 Å². The minimum Gasteiger partial charge on any atom is -0.497 e. The van der Waals surface area contributed by atoms with E-state index in [4.69, 9.17) is 9.47 Å². The van der Waals surface area contributed by atoms with E-state index in [0.717, 1.165) is 17.0 Å². The molecule has 150 valence electrons. The van der Waals surface area contributed by atoms with E-state index in [2.05, 4.69) is 20.6 Å². The fraction of sp³-hybridized carbons (Fsp3) is 0.263. The zero-order chi connectivity index (χ0) is 20.4. The van der Waals surface area contributed by atoms with Gasteiger partial charge < -0.3 is 14.8 Å². The van der Waals surface area contributed by atoms with Crippen LogP contribution in [0.2, 0.25) is 0 Å². The molecule has 1 aromatic carbocycles. The summed E-state index contributed by atoms with van der Waals surface area (Å²) >= 11 is 2.77. The van der Waals surface area contributed by atoms with Gasteiger partial charge >= 0.3 is 0 Å². The van der Waals surface area contributed by atoms with E-state index < -0.39 is 0 Å². The summed E-state index contributed by atoms with van der Waals surface area (Å²) in [6.45, 7) is 0. The van der Waals surface area contributed by atoms with Gasteiger partial charge in [-0.3, -0.25) is 14.9 Å². The number of anilines is 2. The molecule has 2 N–H and O–H groups in total. The second kappa shape index (κ2) is 8.18. The first-order valence-corrected chi connectivity index (χ1v) is 10.5. The average molecular weight is 431 g/mol. The largest absolute Gasteiger partial charge is 0.497 e. The number of aromatic nitrogens is 2. The van der Waals surface area contributed by atoms with E-state index in [1.165, 1.54) is 36.9 Å². The second-order valence-electron chi connectivity index (χ2n) is 6.30. The minimum atomic E-state index is -0.340. The fourth-order valence-corrected chi connectivity index (χ4v) is 4.69. The Hall–Kier alpha value is -2.98. The number of carbonyl (C=O) groups is 2. The molecule has 1 unspecified atom stereocenters. The second-order valence-corrected chi connectivity index (χ2v) is 8.28. The molecule has 0 aliphatic heterocycles. The summed E-state index contributed by atoms with van der Waals surface area (Å²) in [5, 5.41) is 8.47. The highest BCUT2D eigenvalue weighted by Gasteiger charge is 2.33. The Labute approximate surface area is 174 Å². The van der Waals surface area contributed by atoms with Crippen LogP contribution in [0.25, 0.3) is 0 Å². The summed E-state index contributed by atoms with van der Waals surface area (Å²) in [4.78, 5) is 34.9. The maximum absolute atomic E-state index is 12.7. The molecule has 0 saturated heterocycles. The molecular weight excluding hydrogens is 412 g/mol. The number of fused-ring (bicyclic) bond motifs is 1. The van der Waals surface area contributed by atoms with E-state index in [0.29, 0.717) is 33.7 Å². The Morgan fingerprint density at radius 2 is 1.86 bits per heavy atom. The third-order valence-electron chi connectivity index (χ3n) is 4.53. The number of nitrogens with one attached hydrogen (secondary N) is 2. The molecule has 2 heterocycles. The van der Waals surface area contributed by atoms with E-state index in [9.17, 15) is 9.59 Å². The molecule has 1 atom stereocenters. The van der Waals surface area contributed by atoms with Gasteiger partial charge in [0.25, 0.3) is 5.91 Å². The number of methoxy groups -OCH3 is 2. The molecule has 2 amide bonds. The van der Waals surface area contributed by atoms with Crippen molar-refractivity contribution in [1.29, 1.82) is 0 Å². The molecule has 1 aliphatic carbocycles. The van der Waals surface area contributed by atoms with Crippen LogP contribution in [-0.2, 0) is 11.2 Å². The van der Waals surface area contributed by atoms with E-state index >= 15 is 0 Å². The molecule has 3 aromatic rings. The third kappa shape index (κ3) is 4.08. The number of aryl methyl sites for hydroxylation is 1. The number of rotatable bonds is 6. The Morgan fingerprint density at radius 3 is 2.52 bits per heavy atom. The highest BCUT2D eigenvalue weighted by molar-refractivity contribution is 7.16. The van der Waals surface area contributed by atoms with E-state index in [1.807, 2.05) is 0 Å². The molecule has 0 saturated carbocycles. The summed E-state index contributed by atoms with van der Waals surface area (Å²) in [7, 11) is 3.05. The van der Waals surface area contributed by atoms with Gasteiger partial charge in [-0.1, -0.05) is 0 Å². The predicted octanol–water partition coefficient (Wildman–Crippen LogP) is 3.54. The van der Waals surface area contributed by atoms with Gasteiger partial charge in [0.1, 0.15) is 11.5 Å². The molecule has 10 heteroatoms. The SMILES string of the molecule is COc1cc(OC)cc(C(=O)Nc2nc3c(s2)CCC3C(=O)Nc2nccs2)c1. The van der Waals surface area contributed by atoms with Crippen LogP contribution >= 0.6 is 22.7 Å². The summed E-state index contributed by atoms with van der Waals surface area (Å²) in [5.74, 6) is 0.260. The van der Waals surface area contributed by atoms with Crippen LogP contribution in [0.15, 0.2) is 29.8 Å². The molecule has 2 aromatic heterocycles. The maximum Gasteiger partial charge on any atom is 0.257 e. The Balaban J connectivity index is 1.49. The van der Waals surface area contributed by atoms with Crippen LogP contribution in [0.4, 0.5) is 10.3 Å². The number of nitrogens with zero attached hydrogens (tertiary/aromatic N) is 2. The van der Waals surface area contributed by atoms with Crippen LogP contribution in [0.5, 0.6) is 11.5 Å². The lowest BCUT2D eigenvalue weighted by Gasteiger charge is -2.09. The number of hydrogen-bond acceptors (Lipinski definition) is 8. The summed E-state index contributed by atoms with van der Waals surface area (Å²) in [6.07, 6.45) is 3.10. The Kier molecular flexibility index (Phi) is 5.45. The normalized spacial score (nSPS) is 14.9. The van der Waals surface area contributed by atoms with Crippen LogP contribution < -0.4 is 20.1 Å². The monoisotopic (exact) mass is 430 g/mol. The molecular formula is C19H18N4O4S2. The van der Waals surface area contributed by atoms with Crippen molar-refractivity contribution in [2.75, 3.05) is 24.9 Å². The van der Waals surface area contributed by atoms with Crippen molar-refractivity contribution in [3.63, 3.8) is 0 Å². The lowest BCUT2D eigenvalue weighted by Crippen LogP contribution is -2.20. The maximum atomic E-state index is 12.7. The number of amides is 2. The van der Waals surface area contributed by atoms with Gasteiger partial charge in [0.05, 0.1) is 25.8 Å². The molecule has 1 aliphatic rings. The van der Waals surface area contributed by atoms with Gasteiger partial charge in [0.15, 0.2) is 10.3 Å². The van der Waals surface area contributed by atoms with Gasteiger partial charge in [0, 0.05) is 28.1 Å². The van der Waals surface area contributed by atoms with Crippen molar-refractivity contribution in [3.8, 4) is 11.5 Å².